The van der Waals surface area contributed by atoms with Gasteiger partial charge in [-0.25, -0.2) is 24.3 Å². The molecule has 0 aliphatic rings. The molecule has 2 rings (SSSR count). The van der Waals surface area contributed by atoms with Gasteiger partial charge in [-0.2, -0.15) is 35.4 Å². The van der Waals surface area contributed by atoms with Gasteiger partial charge in [0, 0.05) is 0 Å². The molecule has 0 radical (unpaired) electrons. The molecule has 0 saturated heterocycles. The van der Waals surface area contributed by atoms with Gasteiger partial charge >= 0.3 is 19.5 Å². The molecule has 0 nitrogen and oxygen atoms in total. The maximum Gasteiger partial charge on any atom is 2.00 e. The van der Waals surface area contributed by atoms with Crippen LogP contribution >= 0.6 is 0 Å². The molecule has 13 heavy (non-hydrogen) atoms. The standard InChI is InChI=1S/2C6H7.Ru/c2*1-6-4-2-3-5-6;/h2*2-5H,1H3;/q2*-1;+2. The van der Waals surface area contributed by atoms with Crippen molar-refractivity contribution in [3.8, 4) is 0 Å². The Hall–Kier alpha value is -0.677. The fraction of sp³-hybridized carbons (Fsp3) is 0.167. The Morgan fingerprint density at radius 3 is 1.31 bits per heavy atom. The van der Waals surface area contributed by atoms with E-state index in [9.17, 15) is 0 Å². The van der Waals surface area contributed by atoms with Crippen molar-refractivity contribution in [1.82, 2.24) is 0 Å². The van der Waals surface area contributed by atoms with Crippen LogP contribution in [0, 0.1) is 13.8 Å². The van der Waals surface area contributed by atoms with Crippen LogP contribution in [-0.4, -0.2) is 0 Å². The summed E-state index contributed by atoms with van der Waals surface area (Å²) in [5, 5.41) is 0. The first-order chi connectivity index (χ1) is 5.79. The van der Waals surface area contributed by atoms with E-state index in [0.29, 0.717) is 0 Å². The van der Waals surface area contributed by atoms with Gasteiger partial charge in [0.05, 0.1) is 0 Å². The van der Waals surface area contributed by atoms with Crippen LogP contribution in [0.3, 0.4) is 0 Å². The summed E-state index contributed by atoms with van der Waals surface area (Å²) in [6.07, 6.45) is 0. The molecule has 0 saturated carbocycles. The van der Waals surface area contributed by atoms with Crippen molar-refractivity contribution in [2.24, 2.45) is 0 Å². The average Bonchev–Trinajstić information content (AvgIpc) is 2.63. The van der Waals surface area contributed by atoms with Crippen LogP contribution in [0.25, 0.3) is 0 Å². The Labute approximate surface area is 93.1 Å². The summed E-state index contributed by atoms with van der Waals surface area (Å²) in [7, 11) is 0. The van der Waals surface area contributed by atoms with Crippen molar-refractivity contribution >= 4 is 0 Å². The Morgan fingerprint density at radius 1 is 0.846 bits per heavy atom. The van der Waals surface area contributed by atoms with Crippen molar-refractivity contribution in [3.05, 3.63) is 59.7 Å². The molecular weight excluding hydrogens is 245 g/mol. The molecule has 0 aromatic heterocycles. The summed E-state index contributed by atoms with van der Waals surface area (Å²) in [5.41, 5.74) is 2.69. The van der Waals surface area contributed by atoms with E-state index in [1.807, 2.05) is 24.3 Å². The summed E-state index contributed by atoms with van der Waals surface area (Å²) in [4.78, 5) is 0. The number of aryl methyl sites for hydroxylation is 2. The van der Waals surface area contributed by atoms with Crippen molar-refractivity contribution in [2.45, 2.75) is 13.8 Å². The van der Waals surface area contributed by atoms with Gasteiger partial charge in [0.25, 0.3) is 0 Å². The number of rotatable bonds is 0. The molecule has 0 spiro atoms. The van der Waals surface area contributed by atoms with Crippen molar-refractivity contribution < 1.29 is 19.5 Å². The molecule has 2 aromatic carbocycles. The molecule has 0 N–H and O–H groups in total. The number of hydrogen-bond acceptors (Lipinski definition) is 0. The summed E-state index contributed by atoms with van der Waals surface area (Å²) >= 11 is 0. The first-order valence-corrected chi connectivity index (χ1v) is 4.15. The van der Waals surface area contributed by atoms with E-state index in [1.54, 1.807) is 0 Å². The van der Waals surface area contributed by atoms with Crippen LogP contribution < -0.4 is 0 Å². The summed E-state index contributed by atoms with van der Waals surface area (Å²) in [6.45, 7) is 4.17. The van der Waals surface area contributed by atoms with E-state index < -0.39 is 0 Å². The molecule has 0 aliphatic heterocycles. The van der Waals surface area contributed by atoms with E-state index in [-0.39, 0.29) is 19.5 Å². The van der Waals surface area contributed by atoms with E-state index in [0.717, 1.165) is 0 Å². The molecule has 0 fully saturated rings. The minimum Gasteiger partial charge on any atom is -0.213 e. The fourth-order valence-corrected chi connectivity index (χ4v) is 0.940. The normalized spacial score (nSPS) is 8.15. The van der Waals surface area contributed by atoms with Crippen molar-refractivity contribution in [2.75, 3.05) is 0 Å². The third-order valence-electron chi connectivity index (χ3n) is 1.66. The maximum absolute atomic E-state index is 2.08. The second-order valence-electron chi connectivity index (χ2n) is 2.92. The summed E-state index contributed by atoms with van der Waals surface area (Å²) in [6, 6.07) is 16.5. The van der Waals surface area contributed by atoms with Gasteiger partial charge in [-0.05, 0) is 0 Å². The molecule has 1 heteroatoms. The molecule has 0 unspecified atom stereocenters. The number of hydrogen-bond donors (Lipinski definition) is 0. The van der Waals surface area contributed by atoms with Crippen LogP contribution in [0.2, 0.25) is 0 Å². The molecule has 0 bridgehead atoms. The van der Waals surface area contributed by atoms with Crippen LogP contribution in [0.5, 0.6) is 0 Å². The van der Waals surface area contributed by atoms with Crippen molar-refractivity contribution in [1.29, 1.82) is 0 Å². The van der Waals surface area contributed by atoms with E-state index in [2.05, 4.69) is 38.1 Å². The molecule has 0 heterocycles. The van der Waals surface area contributed by atoms with Gasteiger partial charge in [0.15, 0.2) is 0 Å². The van der Waals surface area contributed by atoms with Crippen molar-refractivity contribution in [3.63, 3.8) is 0 Å². The smallest absolute Gasteiger partial charge is 0.213 e. The van der Waals surface area contributed by atoms with E-state index in [4.69, 9.17) is 0 Å². The maximum atomic E-state index is 2.08. The van der Waals surface area contributed by atoms with Gasteiger partial charge in [-0.3, -0.25) is 0 Å². The second kappa shape index (κ2) is 6.80. The molecule has 0 aliphatic carbocycles. The average molecular weight is 259 g/mol. The second-order valence-corrected chi connectivity index (χ2v) is 2.92. The zero-order valence-corrected chi connectivity index (χ0v) is 9.71. The molecule has 70 valence electrons. The fourth-order valence-electron chi connectivity index (χ4n) is 0.940. The Bertz CT molecular complexity index is 245. The SMILES string of the molecule is Cc1ccc[cH-]1.Cc1ccc[cH-]1.[Ru+2]. The van der Waals surface area contributed by atoms with Crippen LogP contribution in [0.1, 0.15) is 11.1 Å². The zero-order valence-electron chi connectivity index (χ0n) is 7.97. The quantitative estimate of drug-likeness (QED) is 0.502. The van der Waals surface area contributed by atoms with Gasteiger partial charge in [0.2, 0.25) is 0 Å². The Morgan fingerprint density at radius 2 is 1.23 bits per heavy atom. The van der Waals surface area contributed by atoms with E-state index in [1.165, 1.54) is 11.1 Å². The molecule has 2 aromatic rings. The zero-order chi connectivity index (χ0) is 8.81. The summed E-state index contributed by atoms with van der Waals surface area (Å²) in [5.74, 6) is 0. The third-order valence-corrected chi connectivity index (χ3v) is 1.66. The van der Waals surface area contributed by atoms with E-state index >= 15 is 0 Å². The Kier molecular flexibility index (Phi) is 6.44. The molecule has 0 amide bonds. The largest absolute Gasteiger partial charge is 2.00 e. The monoisotopic (exact) mass is 260 g/mol. The third kappa shape index (κ3) is 5.54. The summed E-state index contributed by atoms with van der Waals surface area (Å²) < 4.78 is 0. The topological polar surface area (TPSA) is 0 Å². The Balaban J connectivity index is 0.000000206. The molecular formula is C12H14Ru. The predicted octanol–water partition coefficient (Wildman–Crippen LogP) is 3.43. The minimum atomic E-state index is 0. The van der Waals surface area contributed by atoms with Gasteiger partial charge in [-0.1, -0.05) is 13.8 Å². The van der Waals surface area contributed by atoms with Crippen LogP contribution in [-0.2, 0) is 19.5 Å². The predicted molar refractivity (Wildman–Crippen MR) is 53.5 cm³/mol. The van der Waals surface area contributed by atoms with Gasteiger partial charge < -0.3 is 0 Å². The van der Waals surface area contributed by atoms with Crippen LogP contribution in [0.4, 0.5) is 0 Å². The molecule has 0 atom stereocenters. The van der Waals surface area contributed by atoms with Gasteiger partial charge in [0.1, 0.15) is 0 Å². The van der Waals surface area contributed by atoms with Gasteiger partial charge in [-0.15, -0.1) is 0 Å². The first kappa shape index (κ1) is 12.3. The first-order valence-electron chi connectivity index (χ1n) is 4.15. The van der Waals surface area contributed by atoms with Crippen LogP contribution in [0.15, 0.2) is 48.5 Å². The minimum absolute atomic E-state index is 0.